The van der Waals surface area contributed by atoms with Gasteiger partial charge in [0.1, 0.15) is 22.6 Å². The fraction of sp³-hybridized carbons (Fsp3) is 0.594. The van der Waals surface area contributed by atoms with Gasteiger partial charge < -0.3 is 10.4 Å². The van der Waals surface area contributed by atoms with Gasteiger partial charge in [-0.15, -0.1) is 0 Å². The second kappa shape index (κ2) is 10.1. The molecular formula is C32H37Cl2FN2O3. The van der Waals surface area contributed by atoms with Gasteiger partial charge in [-0.25, -0.2) is 9.37 Å². The van der Waals surface area contributed by atoms with Crippen LogP contribution in [-0.4, -0.2) is 27.9 Å². The zero-order valence-corrected chi connectivity index (χ0v) is 24.6. The number of pyridine rings is 1. The van der Waals surface area contributed by atoms with Crippen molar-refractivity contribution >= 4 is 40.7 Å². The third kappa shape index (κ3) is 4.32. The normalized spacial score (nSPS) is 32.3. The molecule has 5 nitrogen and oxygen atoms in total. The number of benzene rings is 1. The Hall–Kier alpha value is -2.02. The minimum absolute atomic E-state index is 0.0151. The molecule has 0 bridgehead atoms. The summed E-state index contributed by atoms with van der Waals surface area (Å²) >= 11 is 12.6. The SMILES string of the molecule is CC1(C)CCC2(CC1)C[C@@H](C(=O)CC1CCC(O)CC1)[C@H](c1cccc(Cl)c1F)[C@]21C(=O)Nc2nc(Cl)ccc21. The Labute approximate surface area is 245 Å². The first-order valence-electron chi connectivity index (χ1n) is 14.6. The average molecular weight is 588 g/mol. The summed E-state index contributed by atoms with van der Waals surface area (Å²) in [5, 5.41) is 13.3. The first-order valence-corrected chi connectivity index (χ1v) is 15.4. The lowest BCUT2D eigenvalue weighted by molar-refractivity contribution is -0.127. The molecule has 3 saturated carbocycles. The molecule has 4 aliphatic rings. The van der Waals surface area contributed by atoms with Gasteiger partial charge in [-0.2, -0.15) is 0 Å². The summed E-state index contributed by atoms with van der Waals surface area (Å²) in [7, 11) is 0. The van der Waals surface area contributed by atoms with Crippen LogP contribution >= 0.6 is 23.2 Å². The smallest absolute Gasteiger partial charge is 0.237 e. The molecule has 0 saturated heterocycles. The summed E-state index contributed by atoms with van der Waals surface area (Å²) in [6.07, 6.45) is 6.90. The van der Waals surface area contributed by atoms with Gasteiger partial charge in [-0.1, -0.05) is 55.2 Å². The standard InChI is InChI=1S/C32H37Cl2FN2O3/c1-30(2)12-14-31(15-13-30)17-21(24(39)16-18-6-8-19(38)9-7-18)26(20-4-3-5-23(33)27(20)35)32(31)22-10-11-25(34)36-28(22)37-29(32)40/h3-5,10-11,18-19,21,26,38H,6-9,12-17H2,1-2H3,(H,36,37,40)/t18?,19?,21-,26-,32+/m0/s1. The van der Waals surface area contributed by atoms with Crippen molar-refractivity contribution in [3.05, 3.63) is 57.5 Å². The fourth-order valence-corrected chi connectivity index (χ4v) is 8.97. The van der Waals surface area contributed by atoms with Crippen LogP contribution in [0.3, 0.4) is 0 Å². The average Bonchev–Trinajstić information content (AvgIpc) is 3.37. The summed E-state index contributed by atoms with van der Waals surface area (Å²) < 4.78 is 16.0. The number of aromatic nitrogens is 1. The predicted molar refractivity (Wildman–Crippen MR) is 154 cm³/mol. The van der Waals surface area contributed by atoms with E-state index in [2.05, 4.69) is 24.1 Å². The Morgan fingerprint density at radius 1 is 1.07 bits per heavy atom. The maximum Gasteiger partial charge on any atom is 0.237 e. The zero-order valence-electron chi connectivity index (χ0n) is 23.1. The van der Waals surface area contributed by atoms with Crippen LogP contribution < -0.4 is 5.32 Å². The number of hydrogen-bond donors (Lipinski definition) is 2. The Morgan fingerprint density at radius 3 is 2.48 bits per heavy atom. The van der Waals surface area contributed by atoms with Gasteiger partial charge in [0.2, 0.25) is 5.91 Å². The molecule has 1 amide bonds. The van der Waals surface area contributed by atoms with Crippen molar-refractivity contribution in [1.82, 2.24) is 4.98 Å². The zero-order chi connectivity index (χ0) is 28.4. The minimum atomic E-state index is -1.18. The number of halogens is 3. The van der Waals surface area contributed by atoms with Gasteiger partial charge in [0.25, 0.3) is 0 Å². The Balaban J connectivity index is 1.54. The molecular weight excluding hydrogens is 550 g/mol. The molecule has 6 rings (SSSR count). The highest BCUT2D eigenvalue weighted by Crippen LogP contribution is 2.72. The van der Waals surface area contributed by atoms with E-state index in [1.165, 1.54) is 6.07 Å². The molecule has 3 aliphatic carbocycles. The maximum absolute atomic E-state index is 16.0. The van der Waals surface area contributed by atoms with Crippen LogP contribution in [0.15, 0.2) is 30.3 Å². The topological polar surface area (TPSA) is 79.3 Å². The predicted octanol–water partition coefficient (Wildman–Crippen LogP) is 7.62. The quantitative estimate of drug-likeness (QED) is 0.361. The molecule has 3 fully saturated rings. The summed E-state index contributed by atoms with van der Waals surface area (Å²) in [5.41, 5.74) is -0.572. The molecule has 2 N–H and O–H groups in total. The van der Waals surface area contributed by atoms with E-state index < -0.39 is 28.5 Å². The van der Waals surface area contributed by atoms with Crippen LogP contribution in [0.4, 0.5) is 10.2 Å². The number of fused-ring (bicyclic) bond motifs is 3. The van der Waals surface area contributed by atoms with Gasteiger partial charge in [-0.3, -0.25) is 9.59 Å². The van der Waals surface area contributed by atoms with Gasteiger partial charge >= 0.3 is 0 Å². The fourth-order valence-electron chi connectivity index (χ4n) is 8.64. The highest BCUT2D eigenvalue weighted by Gasteiger charge is 2.72. The number of rotatable bonds is 4. The van der Waals surface area contributed by atoms with E-state index in [9.17, 15) is 14.7 Å². The molecule has 214 valence electrons. The van der Waals surface area contributed by atoms with Crippen molar-refractivity contribution in [3.8, 4) is 0 Å². The van der Waals surface area contributed by atoms with E-state index in [-0.39, 0.29) is 39.3 Å². The number of nitrogens with one attached hydrogen (secondary N) is 1. The lowest BCUT2D eigenvalue weighted by atomic mass is 9.51. The van der Waals surface area contributed by atoms with Crippen LogP contribution in [0, 0.1) is 28.5 Å². The molecule has 2 heterocycles. The van der Waals surface area contributed by atoms with E-state index in [0.29, 0.717) is 42.6 Å². The number of amides is 1. The highest BCUT2D eigenvalue weighted by molar-refractivity contribution is 6.31. The van der Waals surface area contributed by atoms with Crippen LogP contribution in [0.2, 0.25) is 10.2 Å². The highest BCUT2D eigenvalue weighted by atomic mass is 35.5. The van der Waals surface area contributed by atoms with Crippen molar-refractivity contribution in [1.29, 1.82) is 0 Å². The van der Waals surface area contributed by atoms with E-state index >= 15 is 4.39 Å². The molecule has 40 heavy (non-hydrogen) atoms. The number of Topliss-reactive ketones (excluding diaryl/α,β-unsaturated/α-hetero) is 1. The molecule has 3 atom stereocenters. The number of carbonyl (C=O) groups is 2. The lowest BCUT2D eigenvalue weighted by Gasteiger charge is -2.50. The number of aliphatic hydroxyl groups is 1. The van der Waals surface area contributed by atoms with Gasteiger partial charge in [0.05, 0.1) is 16.5 Å². The van der Waals surface area contributed by atoms with Crippen LogP contribution in [-0.2, 0) is 15.0 Å². The maximum atomic E-state index is 16.0. The number of nitrogens with zero attached hydrogens (tertiary/aromatic N) is 1. The van der Waals surface area contributed by atoms with Gasteiger partial charge in [0, 0.05) is 23.8 Å². The monoisotopic (exact) mass is 586 g/mol. The van der Waals surface area contributed by atoms with Crippen molar-refractivity contribution in [2.45, 2.75) is 95.5 Å². The van der Waals surface area contributed by atoms with Crippen LogP contribution in [0.5, 0.6) is 0 Å². The Kier molecular flexibility index (Phi) is 7.07. The summed E-state index contributed by atoms with van der Waals surface area (Å²) in [5.74, 6) is -1.39. The van der Waals surface area contributed by atoms with E-state index in [4.69, 9.17) is 23.2 Å². The Morgan fingerprint density at radius 2 is 1.77 bits per heavy atom. The second-order valence-corrected chi connectivity index (χ2v) is 14.3. The molecule has 1 aromatic heterocycles. The Bertz CT molecular complexity index is 1350. The number of carbonyl (C=O) groups excluding carboxylic acids is 2. The number of ketones is 1. The third-order valence-corrected chi connectivity index (χ3v) is 11.3. The first-order chi connectivity index (χ1) is 19.0. The molecule has 0 unspecified atom stereocenters. The van der Waals surface area contributed by atoms with Crippen LogP contribution in [0.1, 0.15) is 95.1 Å². The van der Waals surface area contributed by atoms with Crippen molar-refractivity contribution in [2.75, 3.05) is 5.32 Å². The second-order valence-electron chi connectivity index (χ2n) is 13.5. The van der Waals surface area contributed by atoms with Crippen LogP contribution in [0.25, 0.3) is 0 Å². The van der Waals surface area contributed by atoms with Crippen molar-refractivity contribution < 1.29 is 19.1 Å². The summed E-state index contributed by atoms with van der Waals surface area (Å²) in [4.78, 5) is 33.3. The van der Waals surface area contributed by atoms with Gasteiger partial charge in [-0.05, 0) is 92.2 Å². The van der Waals surface area contributed by atoms with E-state index in [0.717, 1.165) is 38.5 Å². The van der Waals surface area contributed by atoms with E-state index in [1.54, 1.807) is 18.2 Å². The van der Waals surface area contributed by atoms with Crippen molar-refractivity contribution in [2.24, 2.45) is 22.7 Å². The summed E-state index contributed by atoms with van der Waals surface area (Å²) in [6.45, 7) is 4.50. The molecule has 1 aliphatic heterocycles. The number of hydrogen-bond acceptors (Lipinski definition) is 4. The lowest BCUT2D eigenvalue weighted by Crippen LogP contribution is -2.52. The molecule has 2 aromatic rings. The third-order valence-electron chi connectivity index (χ3n) is 10.8. The summed E-state index contributed by atoms with van der Waals surface area (Å²) in [6, 6.07) is 8.47. The van der Waals surface area contributed by atoms with E-state index in [1.807, 2.05) is 6.07 Å². The van der Waals surface area contributed by atoms with Crippen molar-refractivity contribution in [3.63, 3.8) is 0 Å². The van der Waals surface area contributed by atoms with Gasteiger partial charge in [0.15, 0.2) is 0 Å². The largest absolute Gasteiger partial charge is 0.393 e. The molecule has 0 radical (unpaired) electrons. The molecule has 1 aromatic carbocycles. The minimum Gasteiger partial charge on any atom is -0.393 e. The first kappa shape index (κ1) is 28.1. The number of aliphatic hydroxyl groups excluding tert-OH is 1. The molecule has 8 heteroatoms. The molecule has 2 spiro atoms. The number of anilines is 1.